The molecule has 0 bridgehead atoms. The Balaban J connectivity index is 1.49. The minimum atomic E-state index is -0.548. The van der Waals surface area contributed by atoms with Crippen molar-refractivity contribution in [3.8, 4) is 11.3 Å². The number of thiazole rings is 1. The molecule has 3 aromatic heterocycles. The van der Waals surface area contributed by atoms with Crippen molar-refractivity contribution in [1.82, 2.24) is 19.3 Å². The van der Waals surface area contributed by atoms with Gasteiger partial charge in [0.2, 0.25) is 0 Å². The van der Waals surface area contributed by atoms with E-state index in [9.17, 15) is 14.0 Å². The molecule has 4 heterocycles. The number of ether oxygens (including phenoxy) is 2. The molecule has 5 rings (SSSR count). The maximum absolute atomic E-state index is 13.4. The fourth-order valence-electron chi connectivity index (χ4n) is 4.59. The fraction of sp³-hybridized carbons (Fsp3) is 0.290. The maximum atomic E-state index is 13.4. The number of anilines is 2. The van der Waals surface area contributed by atoms with Gasteiger partial charge in [0.15, 0.2) is 5.13 Å². The molecule has 218 valence electrons. The summed E-state index contributed by atoms with van der Waals surface area (Å²) in [5, 5.41) is 2.61. The number of rotatable bonds is 6. The minimum absolute atomic E-state index is 0.305. The van der Waals surface area contributed by atoms with E-state index in [4.69, 9.17) is 19.4 Å². The second kappa shape index (κ2) is 11.8. The number of carbonyl (C=O) groups is 2. The Morgan fingerprint density at radius 2 is 1.83 bits per heavy atom. The van der Waals surface area contributed by atoms with Gasteiger partial charge in [0.05, 0.1) is 12.8 Å². The average molecular weight is 590 g/mol. The van der Waals surface area contributed by atoms with Crippen LogP contribution in [-0.4, -0.2) is 64.2 Å². The molecule has 4 aromatic rings. The molecule has 1 aromatic carbocycles. The zero-order valence-electron chi connectivity index (χ0n) is 24.1. The van der Waals surface area contributed by atoms with Gasteiger partial charge < -0.3 is 19.3 Å². The first-order chi connectivity index (χ1) is 20.0. The maximum Gasteiger partial charge on any atom is 0.410 e. The number of hydrogen-bond acceptors (Lipinski definition) is 8. The molecule has 0 fully saturated rings. The molecule has 0 saturated carbocycles. The van der Waals surface area contributed by atoms with E-state index in [0.717, 1.165) is 22.4 Å². The fourth-order valence-corrected chi connectivity index (χ4v) is 5.39. The molecule has 0 unspecified atom stereocenters. The number of carbonyl (C=O) groups excluding carboxylic acids is 2. The largest absolute Gasteiger partial charge is 0.466 e. The van der Waals surface area contributed by atoms with Gasteiger partial charge in [0, 0.05) is 43.4 Å². The summed E-state index contributed by atoms with van der Waals surface area (Å²) in [6.07, 6.45) is 7.36. The zero-order chi connectivity index (χ0) is 30.0. The third-order valence-electron chi connectivity index (χ3n) is 6.67. The lowest BCUT2D eigenvalue weighted by Gasteiger charge is -2.29. The van der Waals surface area contributed by atoms with Gasteiger partial charge in [-0.1, -0.05) is 6.08 Å². The van der Waals surface area contributed by atoms with Gasteiger partial charge in [0.25, 0.3) is 0 Å². The number of imidazole rings is 1. The first-order valence-electron chi connectivity index (χ1n) is 13.4. The Morgan fingerprint density at radius 1 is 1.10 bits per heavy atom. The molecular formula is C31H32FN5O4S. The Labute approximate surface area is 247 Å². The van der Waals surface area contributed by atoms with Crippen molar-refractivity contribution in [2.45, 2.75) is 32.8 Å². The molecule has 0 atom stereocenters. The number of fused-ring (bicyclic) bond motifs is 1. The molecule has 0 spiro atoms. The van der Waals surface area contributed by atoms with Gasteiger partial charge in [-0.05, 0) is 80.8 Å². The van der Waals surface area contributed by atoms with E-state index in [-0.39, 0.29) is 11.9 Å². The molecule has 9 nitrogen and oxygen atoms in total. The van der Waals surface area contributed by atoms with E-state index in [1.165, 1.54) is 36.7 Å². The monoisotopic (exact) mass is 589 g/mol. The van der Waals surface area contributed by atoms with Crippen molar-refractivity contribution in [2.24, 2.45) is 0 Å². The van der Waals surface area contributed by atoms with Crippen molar-refractivity contribution in [3.05, 3.63) is 77.2 Å². The van der Waals surface area contributed by atoms with Gasteiger partial charge >= 0.3 is 12.1 Å². The number of amides is 1. The number of hydrogen-bond donors (Lipinski definition) is 0. The van der Waals surface area contributed by atoms with Crippen LogP contribution in [0.2, 0.25) is 0 Å². The second-order valence-electron chi connectivity index (χ2n) is 10.8. The predicted octanol–water partition coefficient (Wildman–Crippen LogP) is 6.58. The number of halogens is 1. The highest BCUT2D eigenvalue weighted by atomic mass is 32.1. The lowest BCUT2D eigenvalue weighted by Crippen LogP contribution is -2.39. The third kappa shape index (κ3) is 6.36. The lowest BCUT2D eigenvalue weighted by atomic mass is 10.0. The summed E-state index contributed by atoms with van der Waals surface area (Å²) in [4.78, 5) is 37.6. The SMILES string of the molecule is COC(=O)/C=C/c1nc2ccc(C3=CCN(C(=O)OC(C)(C)C)CC3)cn2c1N(C)c1nc(-c2ccc(F)cc2)cs1. The van der Waals surface area contributed by atoms with Crippen LogP contribution < -0.4 is 4.90 Å². The molecule has 1 aliphatic heterocycles. The Kier molecular flexibility index (Phi) is 8.13. The van der Waals surface area contributed by atoms with Crippen LogP contribution >= 0.6 is 11.3 Å². The molecule has 0 saturated heterocycles. The van der Waals surface area contributed by atoms with Crippen LogP contribution in [-0.2, 0) is 14.3 Å². The van der Waals surface area contributed by atoms with Gasteiger partial charge in [-0.15, -0.1) is 11.3 Å². The van der Waals surface area contributed by atoms with E-state index in [1.54, 1.807) is 23.1 Å². The summed E-state index contributed by atoms with van der Waals surface area (Å²) >= 11 is 1.44. The Hall–Kier alpha value is -4.51. The highest BCUT2D eigenvalue weighted by Gasteiger charge is 2.25. The van der Waals surface area contributed by atoms with Gasteiger partial charge in [0.1, 0.15) is 28.6 Å². The number of aromatic nitrogens is 3. The third-order valence-corrected chi connectivity index (χ3v) is 7.58. The summed E-state index contributed by atoms with van der Waals surface area (Å²) in [6, 6.07) is 10.1. The highest BCUT2D eigenvalue weighted by Crippen LogP contribution is 2.35. The lowest BCUT2D eigenvalue weighted by molar-refractivity contribution is -0.134. The molecule has 42 heavy (non-hydrogen) atoms. The summed E-state index contributed by atoms with van der Waals surface area (Å²) in [7, 11) is 3.21. The molecule has 1 aliphatic rings. The molecule has 0 radical (unpaired) electrons. The van der Waals surface area contributed by atoms with Gasteiger partial charge in [-0.3, -0.25) is 4.40 Å². The van der Waals surface area contributed by atoms with Crippen molar-refractivity contribution in [1.29, 1.82) is 0 Å². The summed E-state index contributed by atoms with van der Waals surface area (Å²) in [5.41, 5.74) is 4.34. The highest BCUT2D eigenvalue weighted by molar-refractivity contribution is 7.14. The average Bonchev–Trinajstić information content (AvgIpc) is 3.60. The van der Waals surface area contributed by atoms with Crippen molar-refractivity contribution in [3.63, 3.8) is 0 Å². The second-order valence-corrected chi connectivity index (χ2v) is 11.6. The van der Waals surface area contributed by atoms with Crippen LogP contribution in [0.25, 0.3) is 28.6 Å². The first-order valence-corrected chi connectivity index (χ1v) is 14.3. The number of pyridine rings is 1. The number of methoxy groups -OCH3 is 1. The normalized spacial score (nSPS) is 13.9. The van der Waals surface area contributed by atoms with Crippen LogP contribution in [0.5, 0.6) is 0 Å². The molecule has 11 heteroatoms. The van der Waals surface area contributed by atoms with E-state index in [1.807, 2.05) is 66.9 Å². The number of esters is 1. The number of nitrogens with zero attached hydrogens (tertiary/aromatic N) is 5. The molecule has 0 aliphatic carbocycles. The molecule has 0 N–H and O–H groups in total. The first kappa shape index (κ1) is 29.0. The van der Waals surface area contributed by atoms with E-state index in [2.05, 4.69) is 0 Å². The summed E-state index contributed by atoms with van der Waals surface area (Å²) < 4.78 is 25.7. The summed E-state index contributed by atoms with van der Waals surface area (Å²) in [6.45, 7) is 6.57. The summed E-state index contributed by atoms with van der Waals surface area (Å²) in [5.74, 6) is -0.0876. The molecule has 1 amide bonds. The van der Waals surface area contributed by atoms with E-state index in [0.29, 0.717) is 41.8 Å². The topological polar surface area (TPSA) is 89.3 Å². The Morgan fingerprint density at radius 3 is 2.50 bits per heavy atom. The quantitative estimate of drug-likeness (QED) is 0.186. The van der Waals surface area contributed by atoms with E-state index < -0.39 is 11.6 Å². The van der Waals surface area contributed by atoms with Crippen molar-refractivity contribution >= 4 is 51.6 Å². The predicted molar refractivity (Wildman–Crippen MR) is 162 cm³/mol. The smallest absolute Gasteiger partial charge is 0.410 e. The van der Waals surface area contributed by atoms with Crippen LogP contribution in [0, 0.1) is 5.82 Å². The van der Waals surface area contributed by atoms with Crippen LogP contribution in [0.3, 0.4) is 0 Å². The van der Waals surface area contributed by atoms with Gasteiger partial charge in [-0.25, -0.2) is 23.9 Å². The van der Waals surface area contributed by atoms with Crippen LogP contribution in [0.1, 0.15) is 38.4 Å². The zero-order valence-corrected chi connectivity index (χ0v) is 24.9. The minimum Gasteiger partial charge on any atom is -0.466 e. The van der Waals surface area contributed by atoms with Crippen molar-refractivity contribution in [2.75, 3.05) is 32.1 Å². The van der Waals surface area contributed by atoms with Crippen LogP contribution in [0.4, 0.5) is 20.1 Å². The van der Waals surface area contributed by atoms with Crippen LogP contribution in [0.15, 0.2) is 60.1 Å². The molecular weight excluding hydrogens is 557 g/mol. The van der Waals surface area contributed by atoms with E-state index >= 15 is 0 Å². The van der Waals surface area contributed by atoms with Gasteiger partial charge in [-0.2, -0.15) is 0 Å². The number of benzene rings is 1. The van der Waals surface area contributed by atoms with Crippen molar-refractivity contribution < 1.29 is 23.5 Å². The standard InChI is InChI=1S/C31H32FN5O4S/c1-31(2,3)41-30(39)36-16-14-20(15-17-36)22-8-12-26-33-24(11-13-27(38)40-5)28(37(26)18-22)35(4)29-34-25(19-42-29)21-6-9-23(32)10-7-21/h6-14,18-19H,15-17H2,1-5H3/b13-11+. The Bertz CT molecular complexity index is 1680.